The predicted molar refractivity (Wildman–Crippen MR) is 151 cm³/mol. The van der Waals surface area contributed by atoms with Gasteiger partial charge in [0.2, 0.25) is 11.8 Å². The second-order valence-electron chi connectivity index (χ2n) is 9.41. The molecule has 0 radical (unpaired) electrons. The zero-order chi connectivity index (χ0) is 28.7. The molecule has 2 atom stereocenters. The summed E-state index contributed by atoms with van der Waals surface area (Å²) >= 11 is 6.37. The summed E-state index contributed by atoms with van der Waals surface area (Å²) in [6, 6.07) is 17.0. The second kappa shape index (κ2) is 13.1. The molecule has 2 amide bonds. The summed E-state index contributed by atoms with van der Waals surface area (Å²) in [6.07, 6.45) is 0.698. The SMILES string of the molecule is CC[C@H](C)NC(=O)[C@@H](C)N(Cc1ccccc1Cl)C(=O)CN(c1ccc(F)cc1)S(=O)(=O)c1ccc(C)cc1. The number of anilines is 1. The first-order valence-corrected chi connectivity index (χ1v) is 14.4. The molecular formula is C29H33ClFN3O4S. The van der Waals surface area contributed by atoms with Gasteiger partial charge in [-0.3, -0.25) is 13.9 Å². The van der Waals surface area contributed by atoms with Crippen LogP contribution in [0.4, 0.5) is 10.1 Å². The molecule has 0 fully saturated rings. The van der Waals surface area contributed by atoms with E-state index < -0.39 is 34.3 Å². The van der Waals surface area contributed by atoms with Crippen LogP contribution < -0.4 is 9.62 Å². The van der Waals surface area contributed by atoms with Crippen LogP contribution in [0.15, 0.2) is 77.7 Å². The number of hydrogen-bond donors (Lipinski definition) is 1. The summed E-state index contributed by atoms with van der Waals surface area (Å²) in [5, 5.41) is 3.29. The fourth-order valence-corrected chi connectivity index (χ4v) is 5.44. The number of nitrogens with zero attached hydrogens (tertiary/aromatic N) is 2. The molecule has 39 heavy (non-hydrogen) atoms. The Morgan fingerprint density at radius 3 is 2.18 bits per heavy atom. The van der Waals surface area contributed by atoms with Crippen molar-refractivity contribution in [3.63, 3.8) is 0 Å². The van der Waals surface area contributed by atoms with Crippen molar-refractivity contribution in [3.8, 4) is 0 Å². The first kappa shape index (κ1) is 30.1. The first-order chi connectivity index (χ1) is 18.4. The molecule has 3 aromatic carbocycles. The van der Waals surface area contributed by atoms with E-state index in [4.69, 9.17) is 11.6 Å². The first-order valence-electron chi connectivity index (χ1n) is 12.6. The zero-order valence-electron chi connectivity index (χ0n) is 22.4. The smallest absolute Gasteiger partial charge is 0.264 e. The molecule has 10 heteroatoms. The maximum Gasteiger partial charge on any atom is 0.264 e. The number of benzene rings is 3. The van der Waals surface area contributed by atoms with Crippen LogP contribution >= 0.6 is 11.6 Å². The van der Waals surface area contributed by atoms with E-state index in [0.717, 1.165) is 22.0 Å². The Kier molecular flexibility index (Phi) is 10.1. The Morgan fingerprint density at radius 2 is 1.59 bits per heavy atom. The minimum Gasteiger partial charge on any atom is -0.352 e. The topological polar surface area (TPSA) is 86.8 Å². The second-order valence-corrected chi connectivity index (χ2v) is 11.7. The van der Waals surface area contributed by atoms with E-state index in [1.165, 1.54) is 29.2 Å². The van der Waals surface area contributed by atoms with E-state index >= 15 is 0 Å². The molecule has 0 heterocycles. The Bertz CT molecular complexity index is 1400. The van der Waals surface area contributed by atoms with Gasteiger partial charge in [-0.05, 0) is 75.2 Å². The van der Waals surface area contributed by atoms with Crippen LogP contribution in [-0.2, 0) is 26.2 Å². The predicted octanol–water partition coefficient (Wildman–Crippen LogP) is 5.31. The van der Waals surface area contributed by atoms with Gasteiger partial charge in [-0.15, -0.1) is 0 Å². The highest BCUT2D eigenvalue weighted by Gasteiger charge is 2.33. The molecule has 0 aliphatic carbocycles. The number of sulfonamides is 1. The lowest BCUT2D eigenvalue weighted by molar-refractivity contribution is -0.139. The van der Waals surface area contributed by atoms with E-state index in [1.54, 1.807) is 43.3 Å². The van der Waals surface area contributed by atoms with Gasteiger partial charge in [0.15, 0.2) is 0 Å². The molecule has 0 bridgehead atoms. The van der Waals surface area contributed by atoms with Gasteiger partial charge in [-0.2, -0.15) is 0 Å². The van der Waals surface area contributed by atoms with Gasteiger partial charge in [-0.25, -0.2) is 12.8 Å². The molecule has 0 saturated heterocycles. The maximum atomic E-state index is 13.9. The molecular weight excluding hydrogens is 541 g/mol. The van der Waals surface area contributed by atoms with Crippen LogP contribution in [0.2, 0.25) is 5.02 Å². The zero-order valence-corrected chi connectivity index (χ0v) is 24.0. The highest BCUT2D eigenvalue weighted by molar-refractivity contribution is 7.92. The van der Waals surface area contributed by atoms with Crippen LogP contribution in [0, 0.1) is 12.7 Å². The van der Waals surface area contributed by atoms with Gasteiger partial charge in [0.05, 0.1) is 10.6 Å². The minimum atomic E-state index is -4.23. The van der Waals surface area contributed by atoms with Crippen molar-refractivity contribution in [3.05, 3.63) is 94.8 Å². The molecule has 1 N–H and O–H groups in total. The Morgan fingerprint density at radius 1 is 0.974 bits per heavy atom. The Labute approximate surface area is 234 Å². The van der Waals surface area contributed by atoms with Crippen LogP contribution in [0.5, 0.6) is 0 Å². The number of nitrogens with one attached hydrogen (secondary N) is 1. The standard InChI is InChI=1S/C29H33ClFN3O4S/c1-5-21(3)32-29(36)22(4)33(18-23-8-6-7-9-27(23)30)28(35)19-34(25-14-12-24(31)13-15-25)39(37,38)26-16-10-20(2)11-17-26/h6-17,21-22H,5,18-19H2,1-4H3,(H,32,36)/t21-,22+/m0/s1. The van der Waals surface area contributed by atoms with Gasteiger partial charge < -0.3 is 10.2 Å². The van der Waals surface area contributed by atoms with Crippen LogP contribution in [-0.4, -0.2) is 43.8 Å². The molecule has 0 saturated carbocycles. The van der Waals surface area contributed by atoms with Crippen molar-refractivity contribution in [2.45, 2.75) is 57.6 Å². The number of aryl methyl sites for hydroxylation is 1. The number of carbonyl (C=O) groups excluding carboxylic acids is 2. The van der Waals surface area contributed by atoms with Crippen LogP contribution in [0.25, 0.3) is 0 Å². The fourth-order valence-electron chi connectivity index (χ4n) is 3.83. The van der Waals surface area contributed by atoms with Crippen LogP contribution in [0.1, 0.15) is 38.3 Å². The monoisotopic (exact) mass is 573 g/mol. The van der Waals surface area contributed by atoms with Gasteiger partial charge in [0.1, 0.15) is 18.4 Å². The summed E-state index contributed by atoms with van der Waals surface area (Å²) in [5.41, 5.74) is 1.58. The lowest BCUT2D eigenvalue weighted by atomic mass is 10.1. The van der Waals surface area contributed by atoms with Crippen molar-refractivity contribution in [2.24, 2.45) is 0 Å². The molecule has 0 unspecified atom stereocenters. The lowest BCUT2D eigenvalue weighted by Gasteiger charge is -2.32. The third kappa shape index (κ3) is 7.58. The van der Waals surface area contributed by atoms with E-state index in [-0.39, 0.29) is 29.1 Å². The molecule has 0 aliphatic rings. The lowest BCUT2D eigenvalue weighted by Crippen LogP contribution is -2.52. The average Bonchev–Trinajstić information content (AvgIpc) is 2.91. The summed E-state index contributed by atoms with van der Waals surface area (Å²) in [6.45, 7) is 6.57. The van der Waals surface area contributed by atoms with Crippen molar-refractivity contribution in [1.82, 2.24) is 10.2 Å². The third-order valence-electron chi connectivity index (χ3n) is 6.47. The largest absolute Gasteiger partial charge is 0.352 e. The average molecular weight is 574 g/mol. The fraction of sp³-hybridized carbons (Fsp3) is 0.310. The number of rotatable bonds is 11. The molecule has 0 spiro atoms. The van der Waals surface area contributed by atoms with E-state index in [9.17, 15) is 22.4 Å². The molecule has 3 aromatic rings. The van der Waals surface area contributed by atoms with Crippen molar-refractivity contribution in [1.29, 1.82) is 0 Å². The van der Waals surface area contributed by atoms with Gasteiger partial charge >= 0.3 is 0 Å². The van der Waals surface area contributed by atoms with E-state index in [2.05, 4.69) is 5.32 Å². The number of amides is 2. The molecule has 0 aromatic heterocycles. The molecule has 0 aliphatic heterocycles. The third-order valence-corrected chi connectivity index (χ3v) is 8.63. The molecule has 7 nitrogen and oxygen atoms in total. The summed E-state index contributed by atoms with van der Waals surface area (Å²) in [7, 11) is -4.23. The quantitative estimate of drug-likeness (QED) is 0.337. The Hall–Kier alpha value is -3.43. The van der Waals surface area contributed by atoms with E-state index in [0.29, 0.717) is 17.0 Å². The Balaban J connectivity index is 2.03. The van der Waals surface area contributed by atoms with E-state index in [1.807, 2.05) is 20.8 Å². The number of carbonyl (C=O) groups is 2. The van der Waals surface area contributed by atoms with Crippen molar-refractivity contribution >= 4 is 39.1 Å². The number of hydrogen-bond acceptors (Lipinski definition) is 4. The van der Waals surface area contributed by atoms with Crippen molar-refractivity contribution in [2.75, 3.05) is 10.8 Å². The summed E-state index contributed by atoms with van der Waals surface area (Å²) in [4.78, 5) is 28.2. The maximum absolute atomic E-state index is 13.9. The van der Waals surface area contributed by atoms with Crippen molar-refractivity contribution < 1.29 is 22.4 Å². The minimum absolute atomic E-state index is 0.0184. The van der Waals surface area contributed by atoms with Crippen LogP contribution in [0.3, 0.4) is 0 Å². The normalized spacial score (nSPS) is 12.9. The highest BCUT2D eigenvalue weighted by atomic mass is 35.5. The van der Waals surface area contributed by atoms with Gasteiger partial charge in [-0.1, -0.05) is 54.4 Å². The summed E-state index contributed by atoms with van der Waals surface area (Å²) in [5.74, 6) is -1.55. The highest BCUT2D eigenvalue weighted by Crippen LogP contribution is 2.26. The summed E-state index contributed by atoms with van der Waals surface area (Å²) < 4.78 is 42.1. The number of halogens is 2. The van der Waals surface area contributed by atoms with Gasteiger partial charge in [0, 0.05) is 17.6 Å². The molecule has 3 rings (SSSR count). The van der Waals surface area contributed by atoms with Gasteiger partial charge in [0.25, 0.3) is 10.0 Å². The molecule has 208 valence electrons.